The van der Waals surface area contributed by atoms with Crippen molar-refractivity contribution >= 4 is 23.5 Å². The lowest BCUT2D eigenvalue weighted by Gasteiger charge is -2.46. The lowest BCUT2D eigenvalue weighted by Crippen LogP contribution is -2.64. The molecule has 0 aromatic rings. The molecule has 0 unspecified atom stereocenters. The Morgan fingerprint density at radius 2 is 2.00 bits per heavy atom. The smallest absolute Gasteiger partial charge is 0.333 e. The maximum absolute atomic E-state index is 12.0. The first-order valence-corrected chi connectivity index (χ1v) is 5.48. The zero-order chi connectivity index (χ0) is 11.3. The third kappa shape index (κ3) is 1.62. The Labute approximate surface area is 88.0 Å². The van der Waals surface area contributed by atoms with Gasteiger partial charge in [-0.25, -0.2) is 0 Å². The highest BCUT2D eigenvalue weighted by molar-refractivity contribution is 8.00. The van der Waals surface area contributed by atoms with E-state index in [9.17, 15) is 22.8 Å². The number of rotatable bonds is 0. The number of alkyl halides is 3. The zero-order valence-electron chi connectivity index (χ0n) is 7.63. The van der Waals surface area contributed by atoms with Crippen LogP contribution in [0.2, 0.25) is 0 Å². The van der Waals surface area contributed by atoms with Gasteiger partial charge < -0.3 is 4.90 Å². The van der Waals surface area contributed by atoms with Gasteiger partial charge in [-0.15, -0.1) is 0 Å². The van der Waals surface area contributed by atoms with Gasteiger partial charge in [0.05, 0.1) is 11.2 Å². The van der Waals surface area contributed by atoms with Crippen molar-refractivity contribution in [1.29, 1.82) is 0 Å². The molecule has 2 heterocycles. The largest absolute Gasteiger partial charge is 0.471 e. The summed E-state index contributed by atoms with van der Waals surface area (Å²) in [4.78, 5) is 22.8. The third-order valence-corrected chi connectivity index (χ3v) is 3.94. The molecule has 0 aromatic heterocycles. The first kappa shape index (κ1) is 10.8. The molecule has 2 fully saturated rings. The van der Waals surface area contributed by atoms with Crippen molar-refractivity contribution in [3.05, 3.63) is 0 Å². The molecule has 0 atom stereocenters. The Morgan fingerprint density at radius 1 is 1.40 bits per heavy atom. The van der Waals surface area contributed by atoms with E-state index in [-0.39, 0.29) is 18.9 Å². The lowest BCUT2D eigenvalue weighted by molar-refractivity contribution is -0.195. The summed E-state index contributed by atoms with van der Waals surface area (Å²) in [5.41, 5.74) is -0.675. The second-order valence-electron chi connectivity index (χ2n) is 3.86. The molecule has 84 valence electrons. The SMILES string of the molecule is O=C(N1CC2(CSCC2=O)C1)C(F)(F)F. The Morgan fingerprint density at radius 3 is 2.40 bits per heavy atom. The van der Waals surface area contributed by atoms with E-state index in [1.54, 1.807) is 0 Å². The molecule has 2 saturated heterocycles. The van der Waals surface area contributed by atoms with Crippen LogP contribution in [0.1, 0.15) is 0 Å². The summed E-state index contributed by atoms with van der Waals surface area (Å²) in [6.45, 7) is -0.144. The Bertz CT molecular complexity index is 322. The van der Waals surface area contributed by atoms with Gasteiger partial charge >= 0.3 is 12.1 Å². The maximum Gasteiger partial charge on any atom is 0.471 e. The monoisotopic (exact) mass is 239 g/mol. The number of likely N-dealkylation sites (tertiary alicyclic amines) is 1. The fraction of sp³-hybridized carbons (Fsp3) is 0.750. The molecular weight excluding hydrogens is 231 g/mol. The third-order valence-electron chi connectivity index (χ3n) is 2.72. The van der Waals surface area contributed by atoms with Crippen LogP contribution in [0.25, 0.3) is 0 Å². The van der Waals surface area contributed by atoms with Gasteiger partial charge in [0, 0.05) is 18.8 Å². The molecule has 15 heavy (non-hydrogen) atoms. The average molecular weight is 239 g/mol. The number of hydrogen-bond donors (Lipinski definition) is 0. The molecule has 0 aromatic carbocycles. The molecule has 0 aliphatic carbocycles. The Balaban J connectivity index is 1.99. The summed E-state index contributed by atoms with van der Waals surface area (Å²) in [5.74, 6) is -0.974. The van der Waals surface area contributed by atoms with Gasteiger partial charge in [-0.1, -0.05) is 0 Å². The van der Waals surface area contributed by atoms with E-state index in [0.717, 1.165) is 0 Å². The van der Waals surface area contributed by atoms with Gasteiger partial charge in [-0.3, -0.25) is 9.59 Å². The lowest BCUT2D eigenvalue weighted by atomic mass is 9.78. The fourth-order valence-electron chi connectivity index (χ4n) is 1.85. The molecule has 1 spiro atoms. The number of amides is 1. The molecule has 0 bridgehead atoms. The summed E-state index contributed by atoms with van der Waals surface area (Å²) in [6.07, 6.45) is -4.82. The molecular formula is C8H8F3NO2S. The van der Waals surface area contributed by atoms with Crippen molar-refractivity contribution in [2.75, 3.05) is 24.6 Å². The quantitative estimate of drug-likeness (QED) is 0.624. The van der Waals surface area contributed by atoms with E-state index in [2.05, 4.69) is 0 Å². The number of carbonyl (C=O) groups is 2. The zero-order valence-corrected chi connectivity index (χ0v) is 8.45. The predicted molar refractivity (Wildman–Crippen MR) is 47.4 cm³/mol. The number of ketones is 1. The van der Waals surface area contributed by atoms with Gasteiger partial charge in [0.15, 0.2) is 5.78 Å². The van der Waals surface area contributed by atoms with E-state index < -0.39 is 17.5 Å². The van der Waals surface area contributed by atoms with E-state index in [1.165, 1.54) is 11.8 Å². The van der Waals surface area contributed by atoms with Crippen LogP contribution in [0, 0.1) is 5.41 Å². The number of halogens is 3. The molecule has 2 aliphatic rings. The molecule has 0 saturated carbocycles. The number of thioether (sulfide) groups is 1. The summed E-state index contributed by atoms with van der Waals surface area (Å²) in [6, 6.07) is 0. The van der Waals surface area contributed by atoms with E-state index in [0.29, 0.717) is 16.4 Å². The fourth-order valence-corrected chi connectivity index (χ4v) is 3.18. The highest BCUT2D eigenvalue weighted by Crippen LogP contribution is 2.42. The number of carbonyl (C=O) groups excluding carboxylic acids is 2. The summed E-state index contributed by atoms with van der Waals surface area (Å²) < 4.78 is 36.0. The molecule has 3 nitrogen and oxygen atoms in total. The Kier molecular flexibility index (Phi) is 2.25. The minimum absolute atomic E-state index is 0.0290. The second-order valence-corrected chi connectivity index (χ2v) is 4.84. The van der Waals surface area contributed by atoms with Crippen molar-refractivity contribution in [1.82, 2.24) is 4.90 Å². The van der Waals surface area contributed by atoms with Gasteiger partial charge in [-0.05, 0) is 0 Å². The van der Waals surface area contributed by atoms with Crippen LogP contribution in [0.15, 0.2) is 0 Å². The summed E-state index contributed by atoms with van der Waals surface area (Å²) in [7, 11) is 0. The van der Waals surface area contributed by atoms with Gasteiger partial charge in [0.2, 0.25) is 0 Å². The van der Waals surface area contributed by atoms with Crippen LogP contribution in [-0.4, -0.2) is 47.4 Å². The highest BCUT2D eigenvalue weighted by Gasteiger charge is 2.57. The molecule has 0 N–H and O–H groups in total. The number of hydrogen-bond acceptors (Lipinski definition) is 3. The van der Waals surface area contributed by atoms with Crippen molar-refractivity contribution < 1.29 is 22.8 Å². The second kappa shape index (κ2) is 3.13. The first-order valence-electron chi connectivity index (χ1n) is 4.32. The van der Waals surface area contributed by atoms with Crippen LogP contribution in [0.5, 0.6) is 0 Å². The first-order chi connectivity index (χ1) is 6.85. The number of Topliss-reactive ketones (excluding diaryl/α,β-unsaturated/α-hetero) is 1. The van der Waals surface area contributed by atoms with Crippen molar-refractivity contribution in [2.45, 2.75) is 6.18 Å². The highest BCUT2D eigenvalue weighted by atomic mass is 32.2. The van der Waals surface area contributed by atoms with E-state index in [1.807, 2.05) is 0 Å². The number of nitrogens with zero attached hydrogens (tertiary/aromatic N) is 1. The minimum Gasteiger partial charge on any atom is -0.333 e. The van der Waals surface area contributed by atoms with Crippen LogP contribution in [0.4, 0.5) is 13.2 Å². The Hall–Kier alpha value is -0.720. The van der Waals surface area contributed by atoms with Gasteiger partial charge in [-0.2, -0.15) is 24.9 Å². The van der Waals surface area contributed by atoms with Crippen LogP contribution in [0.3, 0.4) is 0 Å². The molecule has 7 heteroatoms. The minimum atomic E-state index is -4.82. The summed E-state index contributed by atoms with van der Waals surface area (Å²) in [5, 5.41) is 0. The topological polar surface area (TPSA) is 37.4 Å². The van der Waals surface area contributed by atoms with E-state index >= 15 is 0 Å². The van der Waals surface area contributed by atoms with Gasteiger partial charge in [0.1, 0.15) is 0 Å². The molecule has 0 radical (unpaired) electrons. The molecule has 1 amide bonds. The van der Waals surface area contributed by atoms with Crippen molar-refractivity contribution in [3.63, 3.8) is 0 Å². The van der Waals surface area contributed by atoms with Crippen LogP contribution >= 0.6 is 11.8 Å². The molecule has 2 rings (SSSR count). The summed E-state index contributed by atoms with van der Waals surface area (Å²) >= 11 is 1.42. The maximum atomic E-state index is 12.0. The average Bonchev–Trinajstić information content (AvgIpc) is 2.41. The van der Waals surface area contributed by atoms with Crippen molar-refractivity contribution in [2.24, 2.45) is 5.41 Å². The van der Waals surface area contributed by atoms with Gasteiger partial charge in [0.25, 0.3) is 0 Å². The normalized spacial score (nSPS) is 24.5. The predicted octanol–water partition coefficient (Wildman–Crippen LogP) is 0.693. The van der Waals surface area contributed by atoms with E-state index in [4.69, 9.17) is 0 Å². The molecule has 2 aliphatic heterocycles. The van der Waals surface area contributed by atoms with Crippen molar-refractivity contribution in [3.8, 4) is 0 Å². The standard InChI is InChI=1S/C8H8F3NO2S/c9-8(10,11)6(14)12-2-7(3-12)4-15-1-5(7)13/h1-4H2. The van der Waals surface area contributed by atoms with Crippen LogP contribution in [-0.2, 0) is 9.59 Å². The van der Waals surface area contributed by atoms with Crippen LogP contribution < -0.4 is 0 Å².